The van der Waals surface area contributed by atoms with E-state index >= 15 is 0 Å². The number of rotatable bonds is 9. The van der Waals surface area contributed by atoms with Gasteiger partial charge >= 0.3 is 0 Å². The van der Waals surface area contributed by atoms with E-state index in [4.69, 9.17) is 24.8 Å². The molecule has 0 aromatic carbocycles. The van der Waals surface area contributed by atoms with Crippen molar-refractivity contribution in [2.45, 2.75) is 68.7 Å². The maximum Gasteiger partial charge on any atom is 0.249 e. The Bertz CT molecular complexity index is 2540. The molecule has 1 saturated carbocycles. The molecule has 2 N–H and O–H groups in total. The molecule has 16 nitrogen and oxygen atoms in total. The van der Waals surface area contributed by atoms with Crippen LogP contribution in [0.3, 0.4) is 0 Å². The quantitative estimate of drug-likeness (QED) is 0.197. The highest BCUT2D eigenvalue weighted by atomic mass is 32.1. The van der Waals surface area contributed by atoms with Gasteiger partial charge in [0.25, 0.3) is 0 Å². The summed E-state index contributed by atoms with van der Waals surface area (Å²) in [5, 5.41) is 33.1. The molecule has 3 aliphatic heterocycles. The molecule has 3 aliphatic carbocycles. The molecule has 8 heterocycles. The van der Waals surface area contributed by atoms with Gasteiger partial charge in [-0.05, 0) is 74.8 Å². The smallest absolute Gasteiger partial charge is 0.249 e. The van der Waals surface area contributed by atoms with Crippen LogP contribution in [0.1, 0.15) is 73.4 Å². The number of anilines is 1. The summed E-state index contributed by atoms with van der Waals surface area (Å²) in [6.07, 6.45) is 10.8. The molecule has 1 atom stereocenters. The molecular formula is C42H41N11O5S. The van der Waals surface area contributed by atoms with Gasteiger partial charge in [0.15, 0.2) is 5.01 Å². The number of allylic oxidation sites excluding steroid dienone is 1. The van der Waals surface area contributed by atoms with Crippen molar-refractivity contribution in [2.24, 2.45) is 0 Å². The van der Waals surface area contributed by atoms with Crippen LogP contribution in [0.2, 0.25) is 0 Å². The standard InChI is InChI=1S/C42H41N11O5S/c43-21-25-17-29-2-4-35(53(29)46-22-25)34-18-33(47-28-8-15-57-16-9-28)32(24-44-34)39-49-50-41(59-39)42-10-7-31(27(19-42)20-42)40(56)51-11-13-52(14-12-51)58-37-6-1-26(23-45-37)30-3-5-36(54)48-38(30)55/h1-2,4,6,17-18,22-24,28,30H,3,5,7-16,19-20H2,(H,44,47)(H,48,54,55)/t30-/m1/s1. The fraction of sp³-hybridized carbons (Fsp3) is 0.405. The maximum atomic E-state index is 13.8. The molecule has 4 fully saturated rings. The molecular weight excluding hydrogens is 771 g/mol. The number of aromatic nitrogens is 6. The highest BCUT2D eigenvalue weighted by Crippen LogP contribution is 2.57. The summed E-state index contributed by atoms with van der Waals surface area (Å²) in [5.74, 6) is -0.399. The Morgan fingerprint density at radius 2 is 1.83 bits per heavy atom. The van der Waals surface area contributed by atoms with Crippen LogP contribution in [-0.2, 0) is 24.5 Å². The molecule has 11 rings (SSSR count). The second kappa shape index (κ2) is 15.3. The van der Waals surface area contributed by atoms with Gasteiger partial charge in [0.1, 0.15) is 11.1 Å². The Balaban J connectivity index is 0.794. The van der Waals surface area contributed by atoms with E-state index in [9.17, 15) is 19.6 Å². The number of hydrogen-bond donors (Lipinski definition) is 2. The lowest BCUT2D eigenvalue weighted by Crippen LogP contribution is -2.51. The topological polar surface area (TPSA) is 193 Å². The third-order valence-electron chi connectivity index (χ3n) is 12.3. The Labute approximate surface area is 343 Å². The summed E-state index contributed by atoms with van der Waals surface area (Å²) in [4.78, 5) is 54.8. The van der Waals surface area contributed by atoms with Gasteiger partial charge in [-0.15, -0.1) is 15.3 Å². The van der Waals surface area contributed by atoms with Gasteiger partial charge in [-0.25, -0.2) is 9.50 Å². The Kier molecular flexibility index (Phi) is 9.62. The number of pyridine rings is 2. The van der Waals surface area contributed by atoms with E-state index in [0.29, 0.717) is 70.1 Å². The number of carbonyl (C=O) groups excluding carboxylic acids is 3. The van der Waals surface area contributed by atoms with Crippen molar-refractivity contribution >= 4 is 40.3 Å². The van der Waals surface area contributed by atoms with Crippen molar-refractivity contribution < 1.29 is 24.0 Å². The summed E-state index contributed by atoms with van der Waals surface area (Å²) in [7, 11) is 0. The highest BCUT2D eigenvalue weighted by molar-refractivity contribution is 7.14. The monoisotopic (exact) mass is 811 g/mol. The van der Waals surface area contributed by atoms with Crippen LogP contribution in [0.25, 0.3) is 27.5 Å². The van der Waals surface area contributed by atoms with Gasteiger partial charge in [0.2, 0.25) is 23.6 Å². The number of nitrogens with zero attached hydrogens (tertiary/aromatic N) is 9. The predicted molar refractivity (Wildman–Crippen MR) is 215 cm³/mol. The zero-order valence-electron chi connectivity index (χ0n) is 32.2. The minimum Gasteiger partial charge on any atom is -0.386 e. The molecule has 300 valence electrons. The highest BCUT2D eigenvalue weighted by Gasteiger charge is 2.50. The molecule has 5 aromatic heterocycles. The molecule has 17 heteroatoms. The molecule has 3 saturated heterocycles. The van der Waals surface area contributed by atoms with Crippen molar-refractivity contribution in [3.63, 3.8) is 0 Å². The minimum absolute atomic E-state index is 0.108. The first-order valence-corrected chi connectivity index (χ1v) is 20.9. The predicted octanol–water partition coefficient (Wildman–Crippen LogP) is 4.55. The summed E-state index contributed by atoms with van der Waals surface area (Å²) < 4.78 is 7.43. The maximum absolute atomic E-state index is 13.8. The van der Waals surface area contributed by atoms with Crippen LogP contribution in [0.15, 0.2) is 66.1 Å². The number of carbonyl (C=O) groups is 3. The van der Waals surface area contributed by atoms with E-state index in [-0.39, 0.29) is 29.2 Å². The fourth-order valence-electron chi connectivity index (χ4n) is 8.93. The van der Waals surface area contributed by atoms with E-state index in [2.05, 4.69) is 32.9 Å². The normalized spacial score (nSPS) is 20.9. The van der Waals surface area contributed by atoms with Gasteiger partial charge in [-0.3, -0.25) is 24.7 Å². The van der Waals surface area contributed by atoms with Crippen molar-refractivity contribution in [1.82, 2.24) is 45.1 Å². The molecule has 0 unspecified atom stereocenters. The van der Waals surface area contributed by atoms with Crippen molar-refractivity contribution in [3.05, 3.63) is 82.3 Å². The number of amides is 3. The number of ether oxygens (including phenoxy) is 1. The van der Waals surface area contributed by atoms with Crippen LogP contribution in [0.5, 0.6) is 5.88 Å². The fourth-order valence-corrected chi connectivity index (χ4v) is 10.0. The Morgan fingerprint density at radius 3 is 2.58 bits per heavy atom. The van der Waals surface area contributed by atoms with E-state index in [0.717, 1.165) is 81.4 Å². The molecule has 2 bridgehead atoms. The number of piperidine rings is 1. The third kappa shape index (κ3) is 7.10. The lowest BCUT2D eigenvalue weighted by atomic mass is 9.57. The first-order valence-electron chi connectivity index (χ1n) is 20.1. The number of piperazine rings is 1. The number of hydrogen-bond acceptors (Lipinski definition) is 14. The lowest BCUT2D eigenvalue weighted by molar-refractivity contribution is -0.137. The molecule has 6 aliphatic rings. The zero-order valence-corrected chi connectivity index (χ0v) is 33.0. The van der Waals surface area contributed by atoms with Gasteiger partial charge in [-0.1, -0.05) is 23.0 Å². The summed E-state index contributed by atoms with van der Waals surface area (Å²) in [5.41, 5.74) is 7.54. The van der Waals surface area contributed by atoms with Crippen molar-refractivity contribution in [3.8, 4) is 33.9 Å². The van der Waals surface area contributed by atoms with Crippen molar-refractivity contribution in [2.75, 3.05) is 44.7 Å². The van der Waals surface area contributed by atoms with Gasteiger partial charge in [-0.2, -0.15) is 10.4 Å². The Morgan fingerprint density at radius 1 is 0.983 bits per heavy atom. The van der Waals surface area contributed by atoms with E-state index in [1.54, 1.807) is 34.3 Å². The van der Waals surface area contributed by atoms with Crippen LogP contribution >= 0.6 is 11.3 Å². The third-order valence-corrected chi connectivity index (χ3v) is 13.5. The zero-order chi connectivity index (χ0) is 40.1. The van der Waals surface area contributed by atoms with Gasteiger partial charge in [0, 0.05) is 73.9 Å². The average Bonchev–Trinajstić information content (AvgIpc) is 3.92. The van der Waals surface area contributed by atoms with Crippen LogP contribution < -0.4 is 15.5 Å². The number of imide groups is 1. The number of nitrogens with one attached hydrogen (secondary N) is 2. The summed E-state index contributed by atoms with van der Waals surface area (Å²) in [6.45, 7) is 3.60. The Hall–Kier alpha value is -6.09. The molecule has 3 amide bonds. The minimum atomic E-state index is -0.395. The largest absolute Gasteiger partial charge is 0.386 e. The second-order valence-corrected chi connectivity index (χ2v) is 16.9. The SMILES string of the molecule is N#Cc1cnn2c(-c3cc(NC4CCOCC4)c(-c4nnc(C56CCC(C(=O)N7CCN(Oc8ccc([C@H]9CCC(=O)NC9=O)cn8)CC7)=C(C5)C6)s4)cn3)ccc2c1. The summed E-state index contributed by atoms with van der Waals surface area (Å²) in [6, 6.07) is 13.7. The summed E-state index contributed by atoms with van der Waals surface area (Å²) >= 11 is 1.61. The number of nitriles is 1. The van der Waals surface area contributed by atoms with Gasteiger partial charge in [0.05, 0.1) is 53.2 Å². The van der Waals surface area contributed by atoms with E-state index < -0.39 is 5.92 Å². The number of hydroxylamine groups is 2. The van der Waals surface area contributed by atoms with Crippen molar-refractivity contribution in [1.29, 1.82) is 5.26 Å². The molecule has 0 radical (unpaired) electrons. The van der Waals surface area contributed by atoms with E-state index in [1.807, 2.05) is 40.4 Å². The van der Waals surface area contributed by atoms with Crippen LogP contribution in [0, 0.1) is 11.3 Å². The first-order chi connectivity index (χ1) is 28.8. The van der Waals surface area contributed by atoms with Gasteiger partial charge < -0.3 is 19.8 Å². The molecule has 59 heavy (non-hydrogen) atoms. The average molecular weight is 812 g/mol. The molecule has 5 aromatic rings. The number of fused-ring (bicyclic) bond motifs is 3. The second-order valence-electron chi connectivity index (χ2n) is 15.9. The van der Waals surface area contributed by atoms with Crippen LogP contribution in [-0.4, -0.2) is 103 Å². The first kappa shape index (κ1) is 37.2. The molecule has 0 spiro atoms. The van der Waals surface area contributed by atoms with Crippen LogP contribution in [0.4, 0.5) is 5.69 Å². The van der Waals surface area contributed by atoms with E-state index in [1.165, 1.54) is 5.57 Å². The lowest BCUT2D eigenvalue weighted by Gasteiger charge is -2.48.